The predicted octanol–water partition coefficient (Wildman–Crippen LogP) is 4.02. The molecule has 4 nitrogen and oxygen atoms in total. The average Bonchev–Trinajstić information content (AvgIpc) is 2.37. The van der Waals surface area contributed by atoms with Crippen LogP contribution in [0.15, 0.2) is 30.4 Å². The molecule has 0 saturated heterocycles. The topological polar surface area (TPSA) is 55.2 Å². The largest absolute Gasteiger partial charge is 0.385 e. The summed E-state index contributed by atoms with van der Waals surface area (Å²) < 4.78 is 0. The third-order valence-electron chi connectivity index (χ3n) is 3.12. The van der Waals surface area contributed by atoms with E-state index in [1.807, 2.05) is 0 Å². The van der Waals surface area contributed by atoms with Crippen molar-refractivity contribution in [1.29, 1.82) is 0 Å². The van der Waals surface area contributed by atoms with E-state index in [0.717, 1.165) is 25.1 Å². The van der Waals surface area contributed by atoms with Gasteiger partial charge in [0.25, 0.3) is 5.69 Å². The Bertz CT molecular complexity index is 474. The Morgan fingerprint density at radius 2 is 2.28 bits per heavy atom. The zero-order valence-corrected chi connectivity index (χ0v) is 10.7. The van der Waals surface area contributed by atoms with Crippen LogP contribution in [0.25, 0.3) is 0 Å². The fourth-order valence-corrected chi connectivity index (χ4v) is 2.32. The van der Waals surface area contributed by atoms with Gasteiger partial charge in [-0.15, -0.1) is 0 Å². The number of nitrogens with zero attached hydrogens (tertiary/aromatic N) is 1. The summed E-state index contributed by atoms with van der Waals surface area (Å²) in [6.07, 6.45) is 7.82. The molecule has 1 unspecified atom stereocenters. The molecule has 1 aromatic rings. The molecule has 5 heteroatoms. The quantitative estimate of drug-likeness (QED) is 0.509. The van der Waals surface area contributed by atoms with Crippen LogP contribution in [0.1, 0.15) is 19.3 Å². The molecule has 0 heterocycles. The maximum absolute atomic E-state index is 10.6. The van der Waals surface area contributed by atoms with E-state index in [1.54, 1.807) is 12.1 Å². The highest BCUT2D eigenvalue weighted by molar-refractivity contribution is 6.32. The van der Waals surface area contributed by atoms with Gasteiger partial charge in [-0.3, -0.25) is 10.1 Å². The smallest absolute Gasteiger partial charge is 0.288 e. The Morgan fingerprint density at radius 1 is 1.44 bits per heavy atom. The standard InChI is InChI=1S/C13H15ClN2O2/c14-12-8-11(6-7-13(12)16(17)18)15-9-10-4-2-1-3-5-10/h1-2,6-8,10,15H,3-5,9H2. The number of rotatable bonds is 4. The number of anilines is 1. The van der Waals surface area contributed by atoms with Crippen LogP contribution in [0.5, 0.6) is 0 Å². The molecule has 18 heavy (non-hydrogen) atoms. The van der Waals surface area contributed by atoms with Crippen molar-refractivity contribution in [2.24, 2.45) is 5.92 Å². The summed E-state index contributed by atoms with van der Waals surface area (Å²) in [4.78, 5) is 10.2. The summed E-state index contributed by atoms with van der Waals surface area (Å²) in [5.41, 5.74) is 0.781. The van der Waals surface area contributed by atoms with Gasteiger partial charge in [-0.2, -0.15) is 0 Å². The van der Waals surface area contributed by atoms with Crippen LogP contribution >= 0.6 is 11.6 Å². The first-order chi connectivity index (χ1) is 8.66. The van der Waals surface area contributed by atoms with Gasteiger partial charge in [0.15, 0.2) is 0 Å². The molecule has 2 rings (SSSR count). The molecule has 0 aromatic heterocycles. The lowest BCUT2D eigenvalue weighted by molar-refractivity contribution is -0.384. The van der Waals surface area contributed by atoms with Crippen molar-refractivity contribution < 1.29 is 4.92 Å². The second-order valence-corrected chi connectivity index (χ2v) is 4.86. The van der Waals surface area contributed by atoms with Gasteiger partial charge in [-0.25, -0.2) is 0 Å². The van der Waals surface area contributed by atoms with Gasteiger partial charge < -0.3 is 5.32 Å². The van der Waals surface area contributed by atoms with Gasteiger partial charge in [0.2, 0.25) is 0 Å². The third-order valence-corrected chi connectivity index (χ3v) is 3.42. The highest BCUT2D eigenvalue weighted by Crippen LogP contribution is 2.27. The summed E-state index contributed by atoms with van der Waals surface area (Å²) >= 11 is 5.85. The van der Waals surface area contributed by atoms with Gasteiger partial charge in [-0.1, -0.05) is 23.8 Å². The molecule has 1 N–H and O–H groups in total. The first-order valence-electron chi connectivity index (χ1n) is 5.99. The third kappa shape index (κ3) is 3.23. The van der Waals surface area contributed by atoms with E-state index in [0.29, 0.717) is 5.92 Å². The Hall–Kier alpha value is -1.55. The van der Waals surface area contributed by atoms with Gasteiger partial charge in [-0.05, 0) is 37.3 Å². The van der Waals surface area contributed by atoms with E-state index >= 15 is 0 Å². The van der Waals surface area contributed by atoms with Crippen molar-refractivity contribution in [3.63, 3.8) is 0 Å². The molecule has 1 aliphatic carbocycles. The predicted molar refractivity (Wildman–Crippen MR) is 73.1 cm³/mol. The fourth-order valence-electron chi connectivity index (χ4n) is 2.07. The van der Waals surface area contributed by atoms with Crippen molar-refractivity contribution in [3.05, 3.63) is 45.5 Å². The van der Waals surface area contributed by atoms with E-state index < -0.39 is 4.92 Å². The maximum Gasteiger partial charge on any atom is 0.288 e. The summed E-state index contributed by atoms with van der Waals surface area (Å²) in [6.45, 7) is 0.873. The summed E-state index contributed by atoms with van der Waals surface area (Å²) in [5.74, 6) is 0.629. The van der Waals surface area contributed by atoms with Gasteiger partial charge >= 0.3 is 0 Å². The van der Waals surface area contributed by atoms with Crippen LogP contribution in [-0.4, -0.2) is 11.5 Å². The molecule has 1 aliphatic rings. The van der Waals surface area contributed by atoms with E-state index in [1.165, 1.54) is 12.5 Å². The van der Waals surface area contributed by atoms with E-state index in [4.69, 9.17) is 11.6 Å². The first kappa shape index (κ1) is 12.9. The summed E-state index contributed by atoms with van der Waals surface area (Å²) in [6, 6.07) is 4.74. The Labute approximate surface area is 111 Å². The van der Waals surface area contributed by atoms with Crippen molar-refractivity contribution in [2.75, 3.05) is 11.9 Å². The maximum atomic E-state index is 10.6. The molecule has 1 atom stereocenters. The number of hydrogen-bond donors (Lipinski definition) is 1. The van der Waals surface area contributed by atoms with E-state index in [9.17, 15) is 10.1 Å². The molecule has 0 fully saturated rings. The molecule has 1 aromatic carbocycles. The van der Waals surface area contributed by atoms with Crippen LogP contribution in [0.4, 0.5) is 11.4 Å². The fraction of sp³-hybridized carbons (Fsp3) is 0.385. The molecule has 0 spiro atoms. The minimum Gasteiger partial charge on any atom is -0.385 e. The number of hydrogen-bond acceptors (Lipinski definition) is 3. The molecular weight excluding hydrogens is 252 g/mol. The minimum absolute atomic E-state index is 0.0529. The summed E-state index contributed by atoms with van der Waals surface area (Å²) in [5, 5.41) is 14.1. The molecule has 96 valence electrons. The second kappa shape index (κ2) is 5.87. The van der Waals surface area contributed by atoms with Crippen LogP contribution in [0.2, 0.25) is 5.02 Å². The van der Waals surface area contributed by atoms with Crippen LogP contribution in [0, 0.1) is 16.0 Å². The van der Waals surface area contributed by atoms with E-state index in [2.05, 4.69) is 17.5 Å². The molecular formula is C13H15ClN2O2. The van der Waals surface area contributed by atoms with Gasteiger partial charge in [0.05, 0.1) is 4.92 Å². The highest BCUT2D eigenvalue weighted by Gasteiger charge is 2.13. The van der Waals surface area contributed by atoms with Crippen molar-refractivity contribution in [3.8, 4) is 0 Å². The number of nitro benzene ring substituents is 1. The highest BCUT2D eigenvalue weighted by atomic mass is 35.5. The Morgan fingerprint density at radius 3 is 2.89 bits per heavy atom. The van der Waals surface area contributed by atoms with Gasteiger partial charge in [0.1, 0.15) is 5.02 Å². The molecule has 0 amide bonds. The minimum atomic E-state index is -0.474. The van der Waals surface area contributed by atoms with Crippen LogP contribution < -0.4 is 5.32 Å². The Kier molecular flexibility index (Phi) is 4.20. The van der Waals surface area contributed by atoms with Crippen LogP contribution in [0.3, 0.4) is 0 Å². The van der Waals surface area contributed by atoms with Crippen LogP contribution in [-0.2, 0) is 0 Å². The molecule has 0 aliphatic heterocycles. The lowest BCUT2D eigenvalue weighted by Gasteiger charge is -2.18. The number of allylic oxidation sites excluding steroid dienone is 2. The number of halogens is 1. The number of nitrogens with one attached hydrogen (secondary N) is 1. The molecule has 0 bridgehead atoms. The second-order valence-electron chi connectivity index (χ2n) is 4.45. The molecule has 0 saturated carbocycles. The van der Waals surface area contributed by atoms with Crippen molar-refractivity contribution >= 4 is 23.0 Å². The number of nitro groups is 1. The lowest BCUT2D eigenvalue weighted by Crippen LogP contribution is -2.15. The summed E-state index contributed by atoms with van der Waals surface area (Å²) in [7, 11) is 0. The Balaban J connectivity index is 1.95. The van der Waals surface area contributed by atoms with E-state index in [-0.39, 0.29) is 10.7 Å². The molecule has 0 radical (unpaired) electrons. The van der Waals surface area contributed by atoms with Crippen molar-refractivity contribution in [1.82, 2.24) is 0 Å². The zero-order valence-electron chi connectivity index (χ0n) is 9.93. The first-order valence-corrected chi connectivity index (χ1v) is 6.37. The van der Waals surface area contributed by atoms with Crippen molar-refractivity contribution in [2.45, 2.75) is 19.3 Å². The lowest BCUT2D eigenvalue weighted by atomic mass is 9.94. The zero-order chi connectivity index (χ0) is 13.0. The SMILES string of the molecule is O=[N+]([O-])c1ccc(NCC2CC=CCC2)cc1Cl. The van der Waals surface area contributed by atoms with Gasteiger partial charge in [0, 0.05) is 18.3 Å². The average molecular weight is 267 g/mol. The monoisotopic (exact) mass is 266 g/mol. The number of benzene rings is 1. The normalized spacial score (nSPS) is 18.6.